The van der Waals surface area contributed by atoms with E-state index in [-0.39, 0.29) is 29.6 Å². The van der Waals surface area contributed by atoms with Gasteiger partial charge in [-0.25, -0.2) is 0 Å². The topological polar surface area (TPSA) is 41.1 Å². The molecule has 1 saturated heterocycles. The first-order chi connectivity index (χ1) is 11.2. The van der Waals surface area contributed by atoms with Crippen LogP contribution in [0.4, 0.5) is 0 Å². The molecule has 5 heteroatoms. The van der Waals surface area contributed by atoms with Crippen molar-refractivity contribution in [3.8, 4) is 0 Å². The molecule has 0 radical (unpaired) electrons. The Hall–Kier alpha value is -0.770. The van der Waals surface area contributed by atoms with Gasteiger partial charge in [-0.05, 0) is 56.5 Å². The Morgan fingerprint density at radius 3 is 2.38 bits per heavy atom. The molecule has 2 aliphatic rings. The minimum absolute atomic E-state index is 0. The Bertz CT molecular complexity index is 521. The van der Waals surface area contributed by atoms with Crippen LogP contribution in [-0.2, 0) is 10.2 Å². The average molecular weight is 371 g/mol. The van der Waals surface area contributed by atoms with Crippen LogP contribution < -0.4 is 10.6 Å². The van der Waals surface area contributed by atoms with Gasteiger partial charge in [0.05, 0.1) is 0 Å². The van der Waals surface area contributed by atoms with E-state index in [0.29, 0.717) is 0 Å². The molecular formula is C19H28Cl2N2O. The summed E-state index contributed by atoms with van der Waals surface area (Å²) < 4.78 is 0. The first-order valence-corrected chi connectivity index (χ1v) is 9.32. The van der Waals surface area contributed by atoms with Crippen molar-refractivity contribution >= 4 is 29.9 Å². The van der Waals surface area contributed by atoms with Gasteiger partial charge < -0.3 is 10.6 Å². The molecule has 0 aromatic heterocycles. The van der Waals surface area contributed by atoms with Crippen molar-refractivity contribution in [2.45, 2.75) is 50.4 Å². The molecule has 3 rings (SSSR count). The summed E-state index contributed by atoms with van der Waals surface area (Å²) in [4.78, 5) is 12.5. The second kappa shape index (κ2) is 9.07. The minimum Gasteiger partial charge on any atom is -0.355 e. The highest BCUT2D eigenvalue weighted by Gasteiger charge is 2.35. The molecule has 2 N–H and O–H groups in total. The van der Waals surface area contributed by atoms with Gasteiger partial charge in [0, 0.05) is 22.9 Å². The Labute approximate surface area is 156 Å². The van der Waals surface area contributed by atoms with Gasteiger partial charge >= 0.3 is 0 Å². The van der Waals surface area contributed by atoms with Gasteiger partial charge in [0.15, 0.2) is 0 Å². The standard InChI is InChI=1S/C19H27ClN2O.ClH/c20-17-6-4-16(5-7-17)19(10-2-1-3-11-19)14-22-18(23)15-8-12-21-13-9-15;/h4-7,15,21H,1-3,8-14H2,(H,22,23);1H. The van der Waals surface area contributed by atoms with E-state index in [0.717, 1.165) is 50.3 Å². The minimum atomic E-state index is 0. The fourth-order valence-corrected chi connectivity index (χ4v) is 4.21. The van der Waals surface area contributed by atoms with E-state index >= 15 is 0 Å². The number of carbonyl (C=O) groups excluding carboxylic acids is 1. The molecule has 0 unspecified atom stereocenters. The predicted octanol–water partition coefficient (Wildman–Crippen LogP) is 4.08. The summed E-state index contributed by atoms with van der Waals surface area (Å²) in [5, 5.41) is 7.37. The number of benzene rings is 1. The van der Waals surface area contributed by atoms with Crippen molar-refractivity contribution in [2.75, 3.05) is 19.6 Å². The van der Waals surface area contributed by atoms with Crippen LogP contribution in [0.5, 0.6) is 0 Å². The van der Waals surface area contributed by atoms with E-state index in [1.807, 2.05) is 12.1 Å². The summed E-state index contributed by atoms with van der Waals surface area (Å²) in [6.45, 7) is 2.68. The molecule has 1 aliphatic heterocycles. The molecule has 1 aromatic carbocycles. The van der Waals surface area contributed by atoms with E-state index < -0.39 is 0 Å². The first kappa shape index (κ1) is 19.6. The highest BCUT2D eigenvalue weighted by molar-refractivity contribution is 6.30. The normalized spacial score (nSPS) is 20.9. The van der Waals surface area contributed by atoms with Crippen molar-refractivity contribution in [1.29, 1.82) is 0 Å². The maximum Gasteiger partial charge on any atom is 0.223 e. The van der Waals surface area contributed by atoms with Gasteiger partial charge in [0.2, 0.25) is 5.91 Å². The van der Waals surface area contributed by atoms with E-state index in [2.05, 4.69) is 22.8 Å². The summed E-state index contributed by atoms with van der Waals surface area (Å²) in [5.74, 6) is 0.424. The number of hydrogen-bond acceptors (Lipinski definition) is 2. The lowest BCUT2D eigenvalue weighted by atomic mass is 9.69. The number of carbonyl (C=O) groups is 1. The summed E-state index contributed by atoms with van der Waals surface area (Å²) in [6.07, 6.45) is 8.01. The van der Waals surface area contributed by atoms with Crippen LogP contribution >= 0.6 is 24.0 Å². The summed E-state index contributed by atoms with van der Waals surface area (Å²) in [5.41, 5.74) is 1.41. The molecule has 0 bridgehead atoms. The Morgan fingerprint density at radius 2 is 1.75 bits per heavy atom. The average Bonchev–Trinajstić information content (AvgIpc) is 2.62. The molecular weight excluding hydrogens is 343 g/mol. The fourth-order valence-electron chi connectivity index (χ4n) is 4.08. The van der Waals surface area contributed by atoms with Crippen molar-refractivity contribution in [3.63, 3.8) is 0 Å². The molecule has 2 fully saturated rings. The van der Waals surface area contributed by atoms with E-state index in [9.17, 15) is 4.79 Å². The van der Waals surface area contributed by atoms with Gasteiger partial charge in [-0.1, -0.05) is 43.0 Å². The number of rotatable bonds is 4. The van der Waals surface area contributed by atoms with Gasteiger partial charge in [-0.2, -0.15) is 0 Å². The first-order valence-electron chi connectivity index (χ1n) is 8.94. The van der Waals surface area contributed by atoms with E-state index in [4.69, 9.17) is 11.6 Å². The Kier molecular flexibility index (Phi) is 7.39. The van der Waals surface area contributed by atoms with Crippen molar-refractivity contribution in [3.05, 3.63) is 34.9 Å². The number of halogens is 2. The molecule has 1 aliphatic carbocycles. The summed E-state index contributed by atoms with van der Waals surface area (Å²) in [6, 6.07) is 8.23. The lowest BCUT2D eigenvalue weighted by Gasteiger charge is -2.38. The third kappa shape index (κ3) is 4.65. The van der Waals surface area contributed by atoms with Crippen molar-refractivity contribution < 1.29 is 4.79 Å². The van der Waals surface area contributed by atoms with Gasteiger partial charge in [0.25, 0.3) is 0 Å². The highest BCUT2D eigenvalue weighted by atomic mass is 35.5. The number of nitrogens with one attached hydrogen (secondary N) is 2. The second-order valence-electron chi connectivity index (χ2n) is 7.09. The lowest BCUT2D eigenvalue weighted by Crippen LogP contribution is -2.45. The summed E-state index contributed by atoms with van der Waals surface area (Å²) >= 11 is 6.05. The maximum absolute atomic E-state index is 12.5. The van der Waals surface area contributed by atoms with Crippen LogP contribution in [0.1, 0.15) is 50.5 Å². The van der Waals surface area contributed by atoms with Crippen LogP contribution in [0.25, 0.3) is 0 Å². The van der Waals surface area contributed by atoms with E-state index in [1.54, 1.807) is 0 Å². The highest BCUT2D eigenvalue weighted by Crippen LogP contribution is 2.39. The smallest absolute Gasteiger partial charge is 0.223 e. The monoisotopic (exact) mass is 370 g/mol. The zero-order chi connectivity index (χ0) is 16.1. The zero-order valence-corrected chi connectivity index (χ0v) is 15.7. The van der Waals surface area contributed by atoms with Gasteiger partial charge in [-0.3, -0.25) is 4.79 Å². The van der Waals surface area contributed by atoms with Gasteiger partial charge in [-0.15, -0.1) is 12.4 Å². The second-order valence-corrected chi connectivity index (χ2v) is 7.53. The molecule has 1 amide bonds. The largest absolute Gasteiger partial charge is 0.355 e. The Balaban J connectivity index is 0.00000208. The molecule has 3 nitrogen and oxygen atoms in total. The third-order valence-corrected chi connectivity index (χ3v) is 5.83. The van der Waals surface area contributed by atoms with Crippen LogP contribution in [0.2, 0.25) is 5.02 Å². The van der Waals surface area contributed by atoms with Gasteiger partial charge in [0.1, 0.15) is 0 Å². The maximum atomic E-state index is 12.5. The molecule has 1 aromatic rings. The van der Waals surface area contributed by atoms with E-state index in [1.165, 1.54) is 24.8 Å². The van der Waals surface area contributed by atoms with Crippen molar-refractivity contribution in [2.24, 2.45) is 5.92 Å². The van der Waals surface area contributed by atoms with Crippen molar-refractivity contribution in [1.82, 2.24) is 10.6 Å². The molecule has 0 atom stereocenters. The molecule has 134 valence electrons. The van der Waals surface area contributed by atoms with Crippen LogP contribution in [0, 0.1) is 5.92 Å². The zero-order valence-electron chi connectivity index (χ0n) is 14.2. The van der Waals surface area contributed by atoms with Crippen LogP contribution in [-0.4, -0.2) is 25.5 Å². The SMILES string of the molecule is Cl.O=C(NCC1(c2ccc(Cl)cc2)CCCCC1)C1CCNCC1. The number of piperidine rings is 1. The fraction of sp³-hybridized carbons (Fsp3) is 0.632. The van der Waals surface area contributed by atoms with Crippen LogP contribution in [0.15, 0.2) is 24.3 Å². The Morgan fingerprint density at radius 1 is 1.12 bits per heavy atom. The molecule has 0 spiro atoms. The predicted molar refractivity (Wildman–Crippen MR) is 102 cm³/mol. The molecule has 24 heavy (non-hydrogen) atoms. The number of amides is 1. The molecule has 1 saturated carbocycles. The van der Waals surface area contributed by atoms with Crippen LogP contribution in [0.3, 0.4) is 0 Å². The number of hydrogen-bond donors (Lipinski definition) is 2. The third-order valence-electron chi connectivity index (χ3n) is 5.58. The lowest BCUT2D eigenvalue weighted by molar-refractivity contribution is -0.126. The summed E-state index contributed by atoms with van der Waals surface area (Å²) in [7, 11) is 0. The quantitative estimate of drug-likeness (QED) is 0.838. The molecule has 1 heterocycles.